The molecule has 3 aliphatic rings. The fourth-order valence-electron chi connectivity index (χ4n) is 5.02. The highest BCUT2D eigenvalue weighted by Crippen LogP contribution is 2.44. The largest absolute Gasteiger partial charge is 0.471 e. The zero-order valence-electron chi connectivity index (χ0n) is 20.2. The first-order valence-electron chi connectivity index (χ1n) is 12.3. The van der Waals surface area contributed by atoms with Gasteiger partial charge in [-0.15, -0.1) is 0 Å². The van der Waals surface area contributed by atoms with Crippen LogP contribution in [0.5, 0.6) is 0 Å². The second-order valence-electron chi connectivity index (χ2n) is 9.25. The van der Waals surface area contributed by atoms with Crippen molar-refractivity contribution in [1.29, 1.82) is 0 Å². The van der Waals surface area contributed by atoms with Gasteiger partial charge in [-0.1, -0.05) is 11.3 Å². The van der Waals surface area contributed by atoms with E-state index >= 15 is 0 Å². The Morgan fingerprint density at radius 2 is 1.92 bits per heavy atom. The third-order valence-corrected chi connectivity index (χ3v) is 7.97. The molecule has 0 radical (unpaired) electrons. The van der Waals surface area contributed by atoms with Gasteiger partial charge in [-0.05, 0) is 43.9 Å². The molecular weight excluding hydrogens is 478 g/mol. The average Bonchev–Trinajstić information content (AvgIpc) is 3.54. The lowest BCUT2D eigenvalue weighted by Crippen LogP contribution is -2.36. The number of anilines is 3. The highest BCUT2D eigenvalue weighted by Gasteiger charge is 2.37. The Labute approximate surface area is 213 Å². The van der Waals surface area contributed by atoms with Gasteiger partial charge in [0.25, 0.3) is 5.91 Å². The second kappa shape index (κ2) is 9.55. The van der Waals surface area contributed by atoms with Gasteiger partial charge in [0.15, 0.2) is 16.6 Å². The molecule has 2 N–H and O–H groups in total. The molecule has 11 heteroatoms. The van der Waals surface area contributed by atoms with E-state index in [0.717, 1.165) is 71.5 Å². The first-order valence-corrected chi connectivity index (χ1v) is 13.2. The number of pyridine rings is 2. The van der Waals surface area contributed by atoms with Crippen molar-refractivity contribution in [2.75, 3.05) is 54.1 Å². The number of aryl methyl sites for hydroxylation is 1. The smallest absolute Gasteiger partial charge is 0.268 e. The Morgan fingerprint density at radius 3 is 2.67 bits per heavy atom. The second-order valence-corrected chi connectivity index (χ2v) is 10.3. The number of ether oxygens (including phenoxy) is 2. The first-order chi connectivity index (χ1) is 17.6. The van der Waals surface area contributed by atoms with Crippen molar-refractivity contribution in [1.82, 2.24) is 15.0 Å². The molecule has 0 spiro atoms. The summed E-state index contributed by atoms with van der Waals surface area (Å²) in [6.07, 6.45) is 7.83. The normalized spacial score (nSPS) is 20.5. The Morgan fingerprint density at radius 1 is 1.11 bits per heavy atom. The fourth-order valence-corrected chi connectivity index (χ4v) is 6.01. The molecule has 1 unspecified atom stereocenters. The summed E-state index contributed by atoms with van der Waals surface area (Å²) < 4.78 is 12.5. The number of thiazole rings is 1. The van der Waals surface area contributed by atoms with Crippen molar-refractivity contribution in [2.24, 2.45) is 5.73 Å². The lowest BCUT2D eigenvalue weighted by molar-refractivity contribution is -0.114. The topological polar surface area (TPSA) is 110 Å². The molecule has 1 amide bonds. The number of nitrogens with zero attached hydrogens (tertiary/aromatic N) is 6. The van der Waals surface area contributed by atoms with Gasteiger partial charge in [-0.2, -0.15) is 4.98 Å². The molecule has 188 valence electrons. The molecule has 1 atom stereocenters. The van der Waals surface area contributed by atoms with Gasteiger partial charge in [0.05, 0.1) is 23.6 Å². The minimum absolute atomic E-state index is 0.300. The lowest BCUT2D eigenvalue weighted by Gasteiger charge is -2.34. The van der Waals surface area contributed by atoms with Crippen LogP contribution in [0.15, 0.2) is 36.5 Å². The van der Waals surface area contributed by atoms with Crippen LogP contribution in [-0.4, -0.2) is 60.3 Å². The number of piperidine rings is 1. The van der Waals surface area contributed by atoms with E-state index in [0.29, 0.717) is 24.6 Å². The molecule has 0 aromatic carbocycles. The summed E-state index contributed by atoms with van der Waals surface area (Å²) in [6, 6.07) is 4.00. The third-order valence-electron chi connectivity index (χ3n) is 6.91. The van der Waals surface area contributed by atoms with Gasteiger partial charge in [0.2, 0.25) is 6.23 Å². The van der Waals surface area contributed by atoms with Gasteiger partial charge < -0.3 is 25.0 Å². The zero-order valence-corrected chi connectivity index (χ0v) is 21.0. The Balaban J connectivity index is 1.50. The molecule has 2 saturated heterocycles. The lowest BCUT2D eigenvalue weighted by atomic mass is 10.1. The van der Waals surface area contributed by atoms with Crippen LogP contribution in [0.4, 0.5) is 16.6 Å². The number of hydrogen-bond acceptors (Lipinski definition) is 10. The maximum atomic E-state index is 12.6. The molecule has 3 aliphatic heterocycles. The number of nitrogens with two attached hydrogens (primary N) is 1. The van der Waals surface area contributed by atoms with E-state index in [2.05, 4.69) is 20.9 Å². The van der Waals surface area contributed by atoms with Crippen LogP contribution in [0.3, 0.4) is 0 Å². The highest BCUT2D eigenvalue weighted by molar-refractivity contribution is 7.22. The molecule has 6 heterocycles. The van der Waals surface area contributed by atoms with Crippen molar-refractivity contribution in [2.45, 2.75) is 32.4 Å². The number of carbonyl (C=O) groups is 1. The van der Waals surface area contributed by atoms with Crippen LogP contribution < -0.4 is 20.4 Å². The van der Waals surface area contributed by atoms with Gasteiger partial charge >= 0.3 is 0 Å². The monoisotopic (exact) mass is 507 g/mol. The maximum absolute atomic E-state index is 12.6. The first kappa shape index (κ1) is 23.0. The summed E-state index contributed by atoms with van der Waals surface area (Å²) in [4.78, 5) is 33.2. The van der Waals surface area contributed by atoms with Crippen molar-refractivity contribution in [3.05, 3.63) is 47.6 Å². The predicted molar refractivity (Wildman–Crippen MR) is 139 cm³/mol. The number of morpholine rings is 1. The van der Waals surface area contributed by atoms with Gasteiger partial charge in [0.1, 0.15) is 12.0 Å². The molecule has 0 bridgehead atoms. The van der Waals surface area contributed by atoms with E-state index in [1.165, 1.54) is 12.7 Å². The number of fused-ring (bicyclic) bond motifs is 1. The summed E-state index contributed by atoms with van der Waals surface area (Å²) >= 11 is 1.61. The summed E-state index contributed by atoms with van der Waals surface area (Å²) in [5.74, 6) is 0.252. The summed E-state index contributed by atoms with van der Waals surface area (Å²) in [5.41, 5.74) is 9.54. The Bertz CT molecular complexity index is 1310. The van der Waals surface area contributed by atoms with E-state index in [4.69, 9.17) is 25.2 Å². The average molecular weight is 508 g/mol. The molecule has 0 saturated carbocycles. The molecule has 3 aromatic rings. The van der Waals surface area contributed by atoms with Gasteiger partial charge in [-0.25, -0.2) is 4.98 Å². The minimum Gasteiger partial charge on any atom is -0.471 e. The number of hydrogen-bond donors (Lipinski definition) is 1. The summed E-state index contributed by atoms with van der Waals surface area (Å²) in [7, 11) is 0. The maximum Gasteiger partial charge on any atom is 0.268 e. The van der Waals surface area contributed by atoms with E-state index in [9.17, 15) is 4.79 Å². The zero-order chi connectivity index (χ0) is 24.6. The van der Waals surface area contributed by atoms with Crippen LogP contribution in [0.1, 0.15) is 36.6 Å². The number of aromatic nitrogens is 3. The quantitative estimate of drug-likeness (QED) is 0.557. The van der Waals surface area contributed by atoms with Gasteiger partial charge in [-0.3, -0.25) is 14.7 Å². The molecule has 3 aromatic heterocycles. The Kier molecular flexibility index (Phi) is 6.10. The van der Waals surface area contributed by atoms with Crippen LogP contribution >= 0.6 is 11.3 Å². The molecule has 6 rings (SSSR count). The summed E-state index contributed by atoms with van der Waals surface area (Å²) in [5, 5.41) is 0.937. The Hall–Kier alpha value is -3.44. The van der Waals surface area contributed by atoms with Gasteiger partial charge in [0, 0.05) is 44.1 Å². The van der Waals surface area contributed by atoms with E-state index in [1.54, 1.807) is 23.7 Å². The third kappa shape index (κ3) is 4.11. The number of carbonyl (C=O) groups excluding carboxylic acids is 1. The minimum atomic E-state index is -0.551. The molecule has 0 aliphatic carbocycles. The van der Waals surface area contributed by atoms with E-state index in [-0.39, 0.29) is 0 Å². The number of amides is 1. The predicted octanol–water partition coefficient (Wildman–Crippen LogP) is 3.08. The van der Waals surface area contributed by atoms with Crippen LogP contribution in [0, 0.1) is 6.92 Å². The number of primary amides is 1. The van der Waals surface area contributed by atoms with Crippen LogP contribution in [0.2, 0.25) is 0 Å². The molecule has 2 fully saturated rings. The van der Waals surface area contributed by atoms with Crippen LogP contribution in [-0.2, 0) is 14.3 Å². The van der Waals surface area contributed by atoms with E-state index in [1.807, 2.05) is 17.9 Å². The SMILES string of the molecule is Cc1cnccc1C1OC=C(C(N)=O)N1c1cc2sc(N3CCOCC3)nc2nc1N1CCCCC1. The molecular formula is C25H29N7O3S. The van der Waals surface area contributed by atoms with E-state index < -0.39 is 12.1 Å². The van der Waals surface area contributed by atoms with Crippen molar-refractivity contribution >= 4 is 44.2 Å². The number of rotatable bonds is 5. The molecule has 10 nitrogen and oxygen atoms in total. The van der Waals surface area contributed by atoms with Crippen molar-refractivity contribution < 1.29 is 14.3 Å². The standard InChI is InChI=1S/C25H29N7O3S/c1-16-14-27-6-5-17(16)24-32(19(15-35-24)21(26)33)18-13-20-22(28-23(18)30-7-3-2-4-8-30)29-25(36-20)31-9-11-34-12-10-31/h5-6,13-15,24H,2-4,7-12H2,1H3,(H2,26,33). The van der Waals surface area contributed by atoms with Crippen molar-refractivity contribution in [3.63, 3.8) is 0 Å². The van der Waals surface area contributed by atoms with Crippen molar-refractivity contribution in [3.8, 4) is 0 Å². The molecule has 36 heavy (non-hydrogen) atoms. The highest BCUT2D eigenvalue weighted by atomic mass is 32.1. The summed E-state index contributed by atoms with van der Waals surface area (Å²) in [6.45, 7) is 6.78. The fraction of sp³-hybridized carbons (Fsp3) is 0.440. The van der Waals surface area contributed by atoms with Crippen LogP contribution in [0.25, 0.3) is 10.3 Å².